The molecule has 0 bridgehead atoms. The van der Waals surface area contributed by atoms with Gasteiger partial charge in [0, 0.05) is 107 Å². The SMILES string of the molecule is c1ccc(N(c2ccc3c(c2)sc2c(-c4cccc5c4ccc4c5oc5cccc(-c6ccccc6N(c6ccccc6-n6c7ccccc7c7ccccc76)c6cccc7c6oc6ccccc67)c54)cccc23)c2ccccc2-n2c3ccccc3c3ccccc32)c(-c2cccc3oc4c5ccccc5ccc4c23)c1. The smallest absolute Gasteiger partial charge is 0.159 e. The van der Waals surface area contributed by atoms with Crippen LogP contribution < -0.4 is 9.80 Å². The number of para-hydroxylation sites is 12. The van der Waals surface area contributed by atoms with E-state index in [0.717, 1.165) is 183 Å². The third kappa shape index (κ3) is 9.15. The summed E-state index contributed by atoms with van der Waals surface area (Å²) in [5.41, 5.74) is 24.3. The number of thiophene rings is 1. The third-order valence-corrected chi connectivity index (χ3v) is 24.5. The van der Waals surface area contributed by atoms with E-state index in [1.807, 2.05) is 17.4 Å². The summed E-state index contributed by atoms with van der Waals surface area (Å²) in [7, 11) is 0. The molecular formula is C104H62N4O3S. The first-order valence-electron chi connectivity index (χ1n) is 38.1. The van der Waals surface area contributed by atoms with Gasteiger partial charge in [0.15, 0.2) is 5.58 Å². The van der Waals surface area contributed by atoms with Crippen LogP contribution in [0.25, 0.3) is 196 Å². The van der Waals surface area contributed by atoms with Gasteiger partial charge in [-0.1, -0.05) is 267 Å². The molecule has 7 nitrogen and oxygen atoms in total. The summed E-state index contributed by atoms with van der Waals surface area (Å²) in [6.45, 7) is 0. The van der Waals surface area contributed by atoms with E-state index in [1.54, 1.807) is 0 Å². The van der Waals surface area contributed by atoms with Gasteiger partial charge in [-0.2, -0.15) is 0 Å². The summed E-state index contributed by atoms with van der Waals surface area (Å²) in [5.74, 6) is 0. The molecule has 0 unspecified atom stereocenters. The number of benzene rings is 18. The number of hydrogen-bond donors (Lipinski definition) is 0. The van der Waals surface area contributed by atoms with Crippen LogP contribution in [-0.4, -0.2) is 9.13 Å². The van der Waals surface area contributed by atoms with Gasteiger partial charge in [-0.3, -0.25) is 0 Å². The number of hydrogen-bond acceptors (Lipinski definition) is 6. The summed E-state index contributed by atoms with van der Waals surface area (Å²) in [6.07, 6.45) is 0. The van der Waals surface area contributed by atoms with Gasteiger partial charge in [0.05, 0.1) is 61.9 Å². The van der Waals surface area contributed by atoms with Crippen molar-refractivity contribution in [2.75, 3.05) is 9.80 Å². The zero-order valence-corrected chi connectivity index (χ0v) is 61.0. The van der Waals surface area contributed by atoms with Crippen LogP contribution in [0.2, 0.25) is 0 Å². The Morgan fingerprint density at radius 2 is 0.616 bits per heavy atom. The number of rotatable bonds is 11. The second kappa shape index (κ2) is 24.4. The van der Waals surface area contributed by atoms with Gasteiger partial charge in [0.25, 0.3) is 0 Å². The molecule has 0 saturated heterocycles. The fraction of sp³-hybridized carbons (Fsp3) is 0. The molecule has 0 N–H and O–H groups in total. The van der Waals surface area contributed by atoms with E-state index in [9.17, 15) is 0 Å². The van der Waals surface area contributed by atoms with Crippen molar-refractivity contribution in [2.24, 2.45) is 0 Å². The lowest BCUT2D eigenvalue weighted by molar-refractivity contribution is 0.669. The second-order valence-electron chi connectivity index (χ2n) is 29.2. The minimum absolute atomic E-state index is 0.807. The number of furan rings is 3. The van der Waals surface area contributed by atoms with Crippen LogP contribution in [0.15, 0.2) is 389 Å². The highest BCUT2D eigenvalue weighted by molar-refractivity contribution is 7.26. The Balaban J connectivity index is 0.670. The predicted octanol–water partition coefficient (Wildman–Crippen LogP) is 30.2. The van der Waals surface area contributed by atoms with Crippen LogP contribution in [0.4, 0.5) is 34.1 Å². The van der Waals surface area contributed by atoms with Crippen molar-refractivity contribution >= 4 is 197 Å². The first-order valence-corrected chi connectivity index (χ1v) is 38.9. The molecule has 0 aliphatic heterocycles. The zero-order valence-electron chi connectivity index (χ0n) is 60.2. The lowest BCUT2D eigenvalue weighted by Gasteiger charge is -2.30. The van der Waals surface area contributed by atoms with Gasteiger partial charge in [-0.25, -0.2) is 0 Å². The van der Waals surface area contributed by atoms with Crippen LogP contribution in [0.5, 0.6) is 0 Å². The number of nitrogens with zero attached hydrogens (tertiary/aromatic N) is 4. The molecule has 0 spiro atoms. The monoisotopic (exact) mass is 1450 g/mol. The molecule has 0 aliphatic rings. The average Bonchev–Trinajstić information content (AvgIpc) is 1.56. The molecule has 0 saturated carbocycles. The van der Waals surface area contributed by atoms with Crippen LogP contribution >= 0.6 is 11.3 Å². The van der Waals surface area contributed by atoms with Gasteiger partial charge in [0.2, 0.25) is 0 Å². The number of anilines is 6. The lowest BCUT2D eigenvalue weighted by Crippen LogP contribution is -2.14. The summed E-state index contributed by atoms with van der Waals surface area (Å²) < 4.78 is 28.5. The largest absolute Gasteiger partial charge is 0.455 e. The van der Waals surface area contributed by atoms with Crippen molar-refractivity contribution < 1.29 is 13.3 Å². The van der Waals surface area contributed by atoms with Crippen LogP contribution in [0.3, 0.4) is 0 Å². The van der Waals surface area contributed by atoms with E-state index in [1.165, 1.54) is 47.3 Å². The second-order valence-corrected chi connectivity index (χ2v) is 30.3. The molecule has 0 radical (unpaired) electrons. The molecule has 0 aliphatic carbocycles. The molecule has 0 amide bonds. The van der Waals surface area contributed by atoms with E-state index < -0.39 is 0 Å². The minimum atomic E-state index is 0.807. The Hall–Kier alpha value is -14.7. The lowest BCUT2D eigenvalue weighted by atomic mass is 9.93. The Morgan fingerprint density at radius 3 is 1.24 bits per heavy atom. The summed E-state index contributed by atoms with van der Waals surface area (Å²) >= 11 is 1.86. The zero-order chi connectivity index (χ0) is 73.2. The van der Waals surface area contributed by atoms with Gasteiger partial charge >= 0.3 is 0 Å². The molecular weight excluding hydrogens is 1390 g/mol. The van der Waals surface area contributed by atoms with E-state index in [2.05, 4.69) is 389 Å². The Kier molecular flexibility index (Phi) is 13.6. The summed E-state index contributed by atoms with van der Waals surface area (Å²) in [4.78, 5) is 4.92. The molecule has 8 heteroatoms. The first kappa shape index (κ1) is 62.3. The number of fused-ring (bicyclic) bond motifs is 22. The Labute approximate surface area is 645 Å². The molecule has 18 aromatic carbocycles. The maximum atomic E-state index is 7.30. The quantitative estimate of drug-likeness (QED) is 0.129. The molecule has 112 heavy (non-hydrogen) atoms. The molecule has 0 fully saturated rings. The topological polar surface area (TPSA) is 55.8 Å². The van der Waals surface area contributed by atoms with E-state index in [0.29, 0.717) is 0 Å². The molecule has 24 aromatic rings. The van der Waals surface area contributed by atoms with E-state index >= 15 is 0 Å². The number of aromatic nitrogens is 2. The van der Waals surface area contributed by atoms with Crippen molar-refractivity contribution in [3.05, 3.63) is 376 Å². The van der Waals surface area contributed by atoms with E-state index in [-0.39, 0.29) is 0 Å². The molecule has 24 rings (SSSR count). The van der Waals surface area contributed by atoms with Gasteiger partial charge in [-0.05, 0) is 137 Å². The van der Waals surface area contributed by atoms with Gasteiger partial charge in [-0.15, -0.1) is 11.3 Å². The van der Waals surface area contributed by atoms with E-state index in [4.69, 9.17) is 13.3 Å². The van der Waals surface area contributed by atoms with Crippen molar-refractivity contribution in [3.63, 3.8) is 0 Å². The van der Waals surface area contributed by atoms with Gasteiger partial charge in [0.1, 0.15) is 27.9 Å². The molecule has 0 atom stereocenters. The third-order valence-electron chi connectivity index (χ3n) is 23.3. The Morgan fingerprint density at radius 1 is 0.223 bits per heavy atom. The standard InChI is InChI=1S/C104H62N4O3S/c1-2-27-65-63(26-1)56-58-82-99-76(36-24-54-96(99)110-101(65)82)72-32-7-10-42-84(72)105(90-48-16-17-49-91(90)106-85-43-11-3-28-68(85)69-29-4-12-44-86(69)106)64-57-59-75-81-41-22-40-80(104(81)112-98(75)62-64)66-35-21-38-78-67(66)60-61-83-100-77(37-25-55-97(100)111-102(78)83)73-33-8-15-47-89(73)108(94-52-23-39-79-74-34-9-20-53-95(74)109-103(79)94)93-51-19-18-50-92(93)107-87-45-13-5-30-70(87)71-31-6-14-46-88(71)107/h1-62H. The molecule has 522 valence electrons. The predicted molar refractivity (Wildman–Crippen MR) is 471 cm³/mol. The maximum absolute atomic E-state index is 7.30. The molecule has 6 aromatic heterocycles. The van der Waals surface area contributed by atoms with Crippen LogP contribution in [0.1, 0.15) is 0 Å². The summed E-state index contributed by atoms with van der Waals surface area (Å²) in [5, 5.41) is 18.0. The fourth-order valence-electron chi connectivity index (χ4n) is 18.6. The maximum Gasteiger partial charge on any atom is 0.159 e. The van der Waals surface area contributed by atoms with Crippen molar-refractivity contribution in [1.82, 2.24) is 9.13 Å². The fourth-order valence-corrected chi connectivity index (χ4v) is 19.8. The minimum Gasteiger partial charge on any atom is -0.455 e. The van der Waals surface area contributed by atoms with Crippen LogP contribution in [-0.2, 0) is 0 Å². The van der Waals surface area contributed by atoms with Crippen molar-refractivity contribution in [1.29, 1.82) is 0 Å². The normalized spacial score (nSPS) is 12.1. The highest BCUT2D eigenvalue weighted by Crippen LogP contribution is 2.54. The van der Waals surface area contributed by atoms with Gasteiger partial charge < -0.3 is 32.2 Å². The average molecular weight is 1450 g/mol. The van der Waals surface area contributed by atoms with Crippen LogP contribution in [0, 0.1) is 0 Å². The molecule has 6 heterocycles. The highest BCUT2D eigenvalue weighted by Gasteiger charge is 2.30. The first-order chi connectivity index (χ1) is 55.6. The van der Waals surface area contributed by atoms with Crippen molar-refractivity contribution in [3.8, 4) is 44.8 Å². The Bertz CT molecular complexity index is 7970. The highest BCUT2D eigenvalue weighted by atomic mass is 32.1. The van der Waals surface area contributed by atoms with Crippen molar-refractivity contribution in [2.45, 2.75) is 0 Å². The summed E-state index contributed by atoms with van der Waals surface area (Å²) in [6, 6.07) is 137.